The minimum atomic E-state index is -0.142. The molecule has 0 atom stereocenters. The molecule has 4 nitrogen and oxygen atoms in total. The number of benzene rings is 2. The molecule has 0 aromatic heterocycles. The van der Waals surface area contributed by atoms with Gasteiger partial charge in [0.05, 0.1) is 0 Å². The normalized spacial score (nSPS) is 10.1. The van der Waals surface area contributed by atoms with Gasteiger partial charge in [-0.1, -0.05) is 24.1 Å². The van der Waals surface area contributed by atoms with E-state index in [9.17, 15) is 9.59 Å². The zero-order valence-electron chi connectivity index (χ0n) is 13.1. The highest BCUT2D eigenvalue weighted by atomic mass is 16.2. The molecule has 2 aromatic rings. The van der Waals surface area contributed by atoms with Crippen molar-refractivity contribution in [1.82, 2.24) is 0 Å². The van der Waals surface area contributed by atoms with Crippen molar-refractivity contribution in [1.29, 1.82) is 0 Å². The summed E-state index contributed by atoms with van der Waals surface area (Å²) in [7, 11) is 0. The first-order valence-electron chi connectivity index (χ1n) is 7.27. The van der Waals surface area contributed by atoms with Crippen molar-refractivity contribution in [3.05, 3.63) is 59.2 Å². The molecule has 0 aliphatic carbocycles. The predicted octanol–water partition coefficient (Wildman–Crippen LogP) is 3.90. The Morgan fingerprint density at radius 3 is 1.86 bits per heavy atom. The largest absolute Gasteiger partial charge is 0.326 e. The molecule has 0 heterocycles. The van der Waals surface area contributed by atoms with E-state index in [2.05, 4.69) is 10.6 Å². The van der Waals surface area contributed by atoms with Gasteiger partial charge in [-0.05, 0) is 50.2 Å². The Bertz CT molecular complexity index is 670. The van der Waals surface area contributed by atoms with Gasteiger partial charge in [0.15, 0.2) is 0 Å². The average molecular weight is 296 g/mol. The van der Waals surface area contributed by atoms with Gasteiger partial charge in [0.25, 0.3) is 5.91 Å². The number of aryl methyl sites for hydroxylation is 2. The van der Waals surface area contributed by atoms with E-state index in [-0.39, 0.29) is 11.8 Å². The molecule has 2 N–H and O–H groups in total. The Morgan fingerprint density at radius 2 is 1.36 bits per heavy atom. The Morgan fingerprint density at radius 1 is 0.864 bits per heavy atom. The highest BCUT2D eigenvalue weighted by Gasteiger charge is 2.07. The molecule has 0 saturated carbocycles. The molecule has 22 heavy (non-hydrogen) atoms. The average Bonchev–Trinajstić information content (AvgIpc) is 2.48. The lowest BCUT2D eigenvalue weighted by molar-refractivity contribution is -0.115. The van der Waals surface area contributed by atoms with Crippen molar-refractivity contribution in [3.8, 4) is 0 Å². The summed E-state index contributed by atoms with van der Waals surface area (Å²) < 4.78 is 0. The van der Waals surface area contributed by atoms with Gasteiger partial charge in [0, 0.05) is 23.4 Å². The summed E-state index contributed by atoms with van der Waals surface area (Å²) in [6.45, 7) is 5.73. The molecule has 0 spiro atoms. The minimum absolute atomic E-state index is 0.0352. The van der Waals surface area contributed by atoms with Gasteiger partial charge in [-0.15, -0.1) is 0 Å². The van der Waals surface area contributed by atoms with Gasteiger partial charge < -0.3 is 10.6 Å². The lowest BCUT2D eigenvalue weighted by atomic mass is 10.1. The summed E-state index contributed by atoms with van der Waals surface area (Å²) in [4.78, 5) is 23.6. The number of amides is 2. The number of hydrogen-bond donors (Lipinski definition) is 2. The number of nitrogens with one attached hydrogen (secondary N) is 2. The molecule has 2 amide bonds. The highest BCUT2D eigenvalue weighted by Crippen LogP contribution is 2.16. The molecular formula is C18H20N2O2. The molecular weight excluding hydrogens is 276 g/mol. The van der Waals surface area contributed by atoms with E-state index in [0.717, 1.165) is 16.8 Å². The van der Waals surface area contributed by atoms with Crippen LogP contribution in [0.25, 0.3) is 0 Å². The van der Waals surface area contributed by atoms with E-state index in [1.165, 1.54) is 0 Å². The first-order chi connectivity index (χ1) is 10.5. The lowest BCUT2D eigenvalue weighted by Gasteiger charge is -2.08. The van der Waals surface area contributed by atoms with Crippen LogP contribution in [0.1, 0.15) is 34.8 Å². The topological polar surface area (TPSA) is 58.2 Å². The smallest absolute Gasteiger partial charge is 0.255 e. The van der Waals surface area contributed by atoms with Gasteiger partial charge in [-0.25, -0.2) is 0 Å². The molecule has 4 heteroatoms. The second kappa shape index (κ2) is 6.89. The van der Waals surface area contributed by atoms with Crippen LogP contribution in [0.3, 0.4) is 0 Å². The van der Waals surface area contributed by atoms with Crippen molar-refractivity contribution < 1.29 is 9.59 Å². The SMILES string of the molecule is CCC(=O)Nc1ccc(NC(=O)c2cc(C)cc(C)c2)cc1. The summed E-state index contributed by atoms with van der Waals surface area (Å²) in [5.74, 6) is -0.177. The monoisotopic (exact) mass is 296 g/mol. The van der Waals surface area contributed by atoms with Crippen molar-refractivity contribution in [2.45, 2.75) is 27.2 Å². The van der Waals surface area contributed by atoms with Crippen LogP contribution < -0.4 is 10.6 Å². The van der Waals surface area contributed by atoms with E-state index < -0.39 is 0 Å². The Hall–Kier alpha value is -2.62. The second-order valence-electron chi connectivity index (χ2n) is 5.31. The second-order valence-corrected chi connectivity index (χ2v) is 5.31. The van der Waals surface area contributed by atoms with Crippen molar-refractivity contribution in [2.75, 3.05) is 10.6 Å². The van der Waals surface area contributed by atoms with Crippen LogP contribution in [0.4, 0.5) is 11.4 Å². The fourth-order valence-electron chi connectivity index (χ4n) is 2.20. The van der Waals surface area contributed by atoms with Gasteiger partial charge in [-0.3, -0.25) is 9.59 Å². The van der Waals surface area contributed by atoms with Crippen LogP contribution in [0, 0.1) is 13.8 Å². The molecule has 2 rings (SSSR count). The molecule has 114 valence electrons. The third-order valence-corrected chi connectivity index (χ3v) is 3.23. The molecule has 0 radical (unpaired) electrons. The van der Waals surface area contributed by atoms with E-state index >= 15 is 0 Å². The van der Waals surface area contributed by atoms with E-state index in [1.807, 2.05) is 32.0 Å². The number of rotatable bonds is 4. The summed E-state index contributed by atoms with van der Waals surface area (Å²) in [6.07, 6.45) is 0.436. The van der Waals surface area contributed by atoms with Crippen LogP contribution in [-0.4, -0.2) is 11.8 Å². The van der Waals surface area contributed by atoms with Gasteiger partial charge >= 0.3 is 0 Å². The quantitative estimate of drug-likeness (QED) is 0.899. The van der Waals surface area contributed by atoms with E-state index in [0.29, 0.717) is 17.7 Å². The summed E-state index contributed by atoms with van der Waals surface area (Å²) in [5, 5.41) is 5.62. The van der Waals surface area contributed by atoms with Crippen LogP contribution in [0.15, 0.2) is 42.5 Å². The standard InChI is InChI=1S/C18H20N2O2/c1-4-17(21)19-15-5-7-16(8-6-15)20-18(22)14-10-12(2)9-13(3)11-14/h5-11H,4H2,1-3H3,(H,19,21)(H,20,22). The molecule has 0 aliphatic rings. The highest BCUT2D eigenvalue weighted by molar-refractivity contribution is 6.04. The maximum Gasteiger partial charge on any atom is 0.255 e. The fraction of sp³-hybridized carbons (Fsp3) is 0.222. The number of hydrogen-bond acceptors (Lipinski definition) is 2. The molecule has 2 aromatic carbocycles. The minimum Gasteiger partial charge on any atom is -0.326 e. The van der Waals surface area contributed by atoms with Gasteiger partial charge in [0.1, 0.15) is 0 Å². The molecule has 0 unspecified atom stereocenters. The Kier molecular flexibility index (Phi) is 4.94. The van der Waals surface area contributed by atoms with Crippen molar-refractivity contribution >= 4 is 23.2 Å². The Balaban J connectivity index is 2.07. The molecule has 0 bridgehead atoms. The maximum atomic E-state index is 12.2. The van der Waals surface area contributed by atoms with Crippen molar-refractivity contribution in [3.63, 3.8) is 0 Å². The fourth-order valence-corrected chi connectivity index (χ4v) is 2.20. The Labute approximate surface area is 130 Å². The van der Waals surface area contributed by atoms with Crippen LogP contribution in [0.5, 0.6) is 0 Å². The molecule has 0 aliphatic heterocycles. The first kappa shape index (κ1) is 15.8. The summed E-state index contributed by atoms with van der Waals surface area (Å²) >= 11 is 0. The number of anilines is 2. The third-order valence-electron chi connectivity index (χ3n) is 3.23. The first-order valence-corrected chi connectivity index (χ1v) is 7.27. The predicted molar refractivity (Wildman–Crippen MR) is 89.2 cm³/mol. The zero-order chi connectivity index (χ0) is 16.1. The molecule has 0 saturated heterocycles. The van der Waals surface area contributed by atoms with Gasteiger partial charge in [0.2, 0.25) is 5.91 Å². The zero-order valence-corrected chi connectivity index (χ0v) is 13.1. The summed E-state index contributed by atoms with van der Waals surface area (Å²) in [5.41, 5.74) is 4.17. The van der Waals surface area contributed by atoms with Crippen molar-refractivity contribution in [2.24, 2.45) is 0 Å². The maximum absolute atomic E-state index is 12.2. The molecule has 0 fully saturated rings. The van der Waals surface area contributed by atoms with Crippen LogP contribution in [0.2, 0.25) is 0 Å². The van der Waals surface area contributed by atoms with Gasteiger partial charge in [-0.2, -0.15) is 0 Å². The number of carbonyl (C=O) groups excluding carboxylic acids is 2. The summed E-state index contributed by atoms with van der Waals surface area (Å²) in [6, 6.07) is 12.8. The number of carbonyl (C=O) groups is 2. The third kappa shape index (κ3) is 4.19. The lowest BCUT2D eigenvalue weighted by Crippen LogP contribution is -2.13. The van der Waals surface area contributed by atoms with E-state index in [4.69, 9.17) is 0 Å². The van der Waals surface area contributed by atoms with Crippen LogP contribution >= 0.6 is 0 Å². The van der Waals surface area contributed by atoms with E-state index in [1.54, 1.807) is 31.2 Å². The van der Waals surface area contributed by atoms with Crippen LogP contribution in [-0.2, 0) is 4.79 Å².